The lowest BCUT2D eigenvalue weighted by Gasteiger charge is -2.17. The Bertz CT molecular complexity index is 506. The molecule has 1 unspecified atom stereocenters. The average molecular weight is 269 g/mol. The van der Waals surface area contributed by atoms with E-state index in [0.29, 0.717) is 6.54 Å². The zero-order valence-corrected chi connectivity index (χ0v) is 10.6. The second kappa shape index (κ2) is 4.97. The summed E-state index contributed by atoms with van der Waals surface area (Å²) >= 11 is 4.20. The fourth-order valence-electron chi connectivity index (χ4n) is 1.89. The van der Waals surface area contributed by atoms with Gasteiger partial charge in [0.15, 0.2) is 0 Å². The number of benzene rings is 1. The van der Waals surface area contributed by atoms with Gasteiger partial charge in [-0.05, 0) is 18.2 Å². The molecule has 2 rings (SSSR count). The highest BCUT2D eigenvalue weighted by Crippen LogP contribution is 2.27. The Morgan fingerprint density at radius 3 is 2.83 bits per heavy atom. The van der Waals surface area contributed by atoms with Crippen molar-refractivity contribution < 1.29 is 18.7 Å². The van der Waals surface area contributed by atoms with Crippen LogP contribution in [0.5, 0.6) is 0 Å². The van der Waals surface area contributed by atoms with Crippen LogP contribution in [0.25, 0.3) is 0 Å². The number of anilines is 1. The Morgan fingerprint density at radius 2 is 2.28 bits per heavy atom. The molecule has 6 heteroatoms. The summed E-state index contributed by atoms with van der Waals surface area (Å²) in [6.07, 6.45) is 0.269. The third kappa shape index (κ3) is 2.33. The molecule has 1 atom stereocenters. The van der Waals surface area contributed by atoms with E-state index < -0.39 is 11.8 Å². The van der Waals surface area contributed by atoms with Crippen molar-refractivity contribution in [1.82, 2.24) is 0 Å². The summed E-state index contributed by atoms with van der Waals surface area (Å²) in [4.78, 5) is 24.4. The van der Waals surface area contributed by atoms with Crippen molar-refractivity contribution in [2.24, 2.45) is 0 Å². The van der Waals surface area contributed by atoms with Gasteiger partial charge in [0.25, 0.3) is 0 Å². The maximum absolute atomic E-state index is 13.7. The molecule has 4 nitrogen and oxygen atoms in total. The van der Waals surface area contributed by atoms with Gasteiger partial charge in [0.1, 0.15) is 5.82 Å². The lowest BCUT2D eigenvalue weighted by Crippen LogP contribution is -2.26. The molecule has 0 saturated carbocycles. The number of amides is 1. The minimum atomic E-state index is -0.565. The SMILES string of the molecule is COC(=O)c1ccc(F)c(N2CC(S)CC2=O)c1. The third-order valence-corrected chi connectivity index (χ3v) is 3.11. The van der Waals surface area contributed by atoms with E-state index in [9.17, 15) is 14.0 Å². The normalized spacial score (nSPS) is 19.2. The molecule has 1 aromatic carbocycles. The van der Waals surface area contributed by atoms with Crippen molar-refractivity contribution in [3.63, 3.8) is 0 Å². The van der Waals surface area contributed by atoms with Crippen molar-refractivity contribution in [2.45, 2.75) is 11.7 Å². The Labute approximate surface area is 109 Å². The van der Waals surface area contributed by atoms with Gasteiger partial charge in [0.2, 0.25) is 5.91 Å². The van der Waals surface area contributed by atoms with E-state index in [1.54, 1.807) is 0 Å². The van der Waals surface area contributed by atoms with Crippen LogP contribution in [-0.2, 0) is 9.53 Å². The summed E-state index contributed by atoms with van der Waals surface area (Å²) in [6, 6.07) is 3.80. The van der Waals surface area contributed by atoms with Gasteiger partial charge in [-0.2, -0.15) is 12.6 Å². The Kier molecular flexibility index (Phi) is 3.56. The second-order valence-corrected chi connectivity index (χ2v) is 4.75. The molecule has 1 heterocycles. The van der Waals surface area contributed by atoms with Gasteiger partial charge in [0, 0.05) is 18.2 Å². The van der Waals surface area contributed by atoms with Crippen LogP contribution in [0.1, 0.15) is 16.8 Å². The third-order valence-electron chi connectivity index (χ3n) is 2.76. The zero-order valence-electron chi connectivity index (χ0n) is 9.72. The van der Waals surface area contributed by atoms with Crippen LogP contribution < -0.4 is 4.90 Å². The van der Waals surface area contributed by atoms with Crippen LogP contribution in [0, 0.1) is 5.82 Å². The van der Waals surface area contributed by atoms with E-state index in [1.165, 1.54) is 24.1 Å². The van der Waals surface area contributed by atoms with Gasteiger partial charge in [-0.3, -0.25) is 4.79 Å². The number of esters is 1. The Morgan fingerprint density at radius 1 is 1.56 bits per heavy atom. The van der Waals surface area contributed by atoms with E-state index in [2.05, 4.69) is 17.4 Å². The molecule has 0 aliphatic carbocycles. The largest absolute Gasteiger partial charge is 0.465 e. The first-order chi connectivity index (χ1) is 8.52. The fraction of sp³-hybridized carbons (Fsp3) is 0.333. The fourth-order valence-corrected chi connectivity index (χ4v) is 2.21. The molecule has 0 aromatic heterocycles. The lowest BCUT2D eigenvalue weighted by molar-refractivity contribution is -0.117. The highest BCUT2D eigenvalue weighted by molar-refractivity contribution is 7.81. The van der Waals surface area contributed by atoms with Crippen molar-refractivity contribution in [3.8, 4) is 0 Å². The van der Waals surface area contributed by atoms with Crippen LogP contribution >= 0.6 is 12.6 Å². The summed E-state index contributed by atoms with van der Waals surface area (Å²) in [5.74, 6) is -1.31. The molecule has 18 heavy (non-hydrogen) atoms. The zero-order chi connectivity index (χ0) is 13.3. The summed E-state index contributed by atoms with van der Waals surface area (Å²) in [6.45, 7) is 0.337. The number of hydrogen-bond acceptors (Lipinski definition) is 4. The quantitative estimate of drug-likeness (QED) is 0.656. The maximum atomic E-state index is 13.7. The van der Waals surface area contributed by atoms with E-state index in [0.717, 1.165) is 6.07 Å². The number of halogens is 1. The highest BCUT2D eigenvalue weighted by Gasteiger charge is 2.30. The Hall–Kier alpha value is -1.56. The summed E-state index contributed by atoms with van der Waals surface area (Å²) in [5, 5.41) is -0.112. The molecule has 96 valence electrons. The highest BCUT2D eigenvalue weighted by atomic mass is 32.1. The number of carbonyl (C=O) groups is 2. The van der Waals surface area contributed by atoms with Gasteiger partial charge in [-0.1, -0.05) is 0 Å². The molecule has 1 fully saturated rings. The van der Waals surface area contributed by atoms with Gasteiger partial charge >= 0.3 is 5.97 Å². The number of rotatable bonds is 2. The van der Waals surface area contributed by atoms with E-state index in [1.807, 2.05) is 0 Å². The van der Waals surface area contributed by atoms with Gasteiger partial charge in [0.05, 0.1) is 18.4 Å². The van der Waals surface area contributed by atoms with E-state index >= 15 is 0 Å². The van der Waals surface area contributed by atoms with Crippen molar-refractivity contribution in [2.75, 3.05) is 18.6 Å². The monoisotopic (exact) mass is 269 g/mol. The number of hydrogen-bond donors (Lipinski definition) is 1. The first-order valence-corrected chi connectivity index (χ1v) is 5.91. The van der Waals surface area contributed by atoms with Crippen LogP contribution in [0.2, 0.25) is 0 Å². The first-order valence-electron chi connectivity index (χ1n) is 5.39. The number of carbonyl (C=O) groups excluding carboxylic acids is 2. The molecule has 1 aromatic rings. The first kappa shape index (κ1) is 12.9. The van der Waals surface area contributed by atoms with Crippen molar-refractivity contribution in [3.05, 3.63) is 29.6 Å². The van der Waals surface area contributed by atoms with Gasteiger partial charge < -0.3 is 9.64 Å². The van der Waals surface area contributed by atoms with Gasteiger partial charge in [-0.15, -0.1) is 0 Å². The van der Waals surface area contributed by atoms with E-state index in [-0.39, 0.29) is 28.8 Å². The number of ether oxygens (including phenoxy) is 1. The van der Waals surface area contributed by atoms with E-state index in [4.69, 9.17) is 0 Å². The smallest absolute Gasteiger partial charge is 0.337 e. The summed E-state index contributed by atoms with van der Waals surface area (Å²) < 4.78 is 18.3. The molecule has 0 radical (unpaired) electrons. The average Bonchev–Trinajstić information content (AvgIpc) is 2.68. The summed E-state index contributed by atoms with van der Waals surface area (Å²) in [5.41, 5.74) is 0.309. The number of nitrogens with zero attached hydrogens (tertiary/aromatic N) is 1. The topological polar surface area (TPSA) is 46.6 Å². The molecule has 0 spiro atoms. The maximum Gasteiger partial charge on any atom is 0.337 e. The molecular formula is C12H12FNO3S. The van der Waals surface area contributed by atoms with Crippen LogP contribution in [0.4, 0.5) is 10.1 Å². The van der Waals surface area contributed by atoms with Gasteiger partial charge in [-0.25, -0.2) is 9.18 Å². The number of thiol groups is 1. The van der Waals surface area contributed by atoms with Crippen LogP contribution in [0.15, 0.2) is 18.2 Å². The lowest BCUT2D eigenvalue weighted by atomic mass is 10.2. The van der Waals surface area contributed by atoms with Crippen molar-refractivity contribution in [1.29, 1.82) is 0 Å². The molecular weight excluding hydrogens is 257 g/mol. The second-order valence-electron chi connectivity index (χ2n) is 4.02. The molecule has 1 saturated heterocycles. The molecule has 1 aliphatic heterocycles. The molecule has 1 aliphatic rings. The molecule has 1 amide bonds. The predicted molar refractivity (Wildman–Crippen MR) is 67.5 cm³/mol. The number of methoxy groups -OCH3 is 1. The Balaban J connectivity index is 2.38. The van der Waals surface area contributed by atoms with Crippen LogP contribution in [0.3, 0.4) is 0 Å². The minimum absolute atomic E-state index is 0.0967. The minimum Gasteiger partial charge on any atom is -0.465 e. The predicted octanol–water partition coefficient (Wildman–Crippen LogP) is 1.65. The molecule has 0 N–H and O–H groups in total. The van der Waals surface area contributed by atoms with Crippen molar-refractivity contribution >= 4 is 30.2 Å². The van der Waals surface area contributed by atoms with Crippen LogP contribution in [-0.4, -0.2) is 30.8 Å². The standard InChI is InChI=1S/C12H12FNO3S/c1-17-12(16)7-2-3-9(13)10(4-7)14-6-8(18)5-11(14)15/h2-4,8,18H,5-6H2,1H3. The summed E-state index contributed by atoms with van der Waals surface area (Å²) in [7, 11) is 1.25. The molecule has 0 bridgehead atoms.